The van der Waals surface area contributed by atoms with Crippen molar-refractivity contribution in [3.05, 3.63) is 29.1 Å². The van der Waals surface area contributed by atoms with E-state index in [4.69, 9.17) is 20.9 Å². The van der Waals surface area contributed by atoms with Crippen molar-refractivity contribution in [2.75, 3.05) is 0 Å². The maximum atomic E-state index is 6.23. The maximum absolute atomic E-state index is 6.23. The van der Waals surface area contributed by atoms with E-state index in [1.807, 2.05) is 26.0 Å². The van der Waals surface area contributed by atoms with Crippen LogP contribution in [0, 0.1) is 5.41 Å². The van der Waals surface area contributed by atoms with Crippen LogP contribution < -0.4 is 4.74 Å². The SMILES string of the molecule is CC(C)Oc1ccc(-c2noc(CC(C)(C)C)n2)cc1Cl. The topological polar surface area (TPSA) is 48.2 Å². The molecule has 2 rings (SSSR count). The molecule has 21 heavy (non-hydrogen) atoms. The molecule has 5 heteroatoms. The van der Waals surface area contributed by atoms with E-state index in [1.165, 1.54) is 0 Å². The molecule has 0 aliphatic carbocycles. The van der Waals surface area contributed by atoms with Gasteiger partial charge < -0.3 is 9.26 Å². The van der Waals surface area contributed by atoms with Crippen LogP contribution in [0.15, 0.2) is 22.7 Å². The van der Waals surface area contributed by atoms with Gasteiger partial charge in [-0.15, -0.1) is 0 Å². The lowest BCUT2D eigenvalue weighted by molar-refractivity contribution is 0.242. The van der Waals surface area contributed by atoms with Crippen LogP contribution in [0.3, 0.4) is 0 Å². The van der Waals surface area contributed by atoms with Crippen LogP contribution in [0.2, 0.25) is 5.02 Å². The number of nitrogens with zero attached hydrogens (tertiary/aromatic N) is 2. The predicted molar refractivity (Wildman–Crippen MR) is 83.7 cm³/mol. The van der Waals surface area contributed by atoms with Crippen LogP contribution in [0.4, 0.5) is 0 Å². The standard InChI is InChI=1S/C16H21ClN2O2/c1-10(2)20-13-7-6-11(8-12(13)17)15-18-14(21-19-15)9-16(3,4)5/h6-8,10H,9H2,1-5H3. The quantitative estimate of drug-likeness (QED) is 0.816. The number of aromatic nitrogens is 2. The van der Waals surface area contributed by atoms with E-state index in [1.54, 1.807) is 6.07 Å². The Morgan fingerprint density at radius 2 is 2.00 bits per heavy atom. The Morgan fingerprint density at radius 1 is 1.29 bits per heavy atom. The second kappa shape index (κ2) is 6.06. The molecule has 1 heterocycles. The van der Waals surface area contributed by atoms with Gasteiger partial charge in [-0.1, -0.05) is 37.5 Å². The van der Waals surface area contributed by atoms with E-state index >= 15 is 0 Å². The molecule has 0 N–H and O–H groups in total. The third-order valence-corrected chi connectivity index (χ3v) is 3.00. The van der Waals surface area contributed by atoms with E-state index in [2.05, 4.69) is 30.9 Å². The average molecular weight is 309 g/mol. The molecule has 4 nitrogen and oxygen atoms in total. The van der Waals surface area contributed by atoms with Gasteiger partial charge in [-0.2, -0.15) is 4.98 Å². The molecule has 0 saturated heterocycles. The maximum Gasteiger partial charge on any atom is 0.227 e. The van der Waals surface area contributed by atoms with Crippen LogP contribution in [0.1, 0.15) is 40.5 Å². The Bertz CT molecular complexity index is 615. The van der Waals surface area contributed by atoms with Crippen LogP contribution in [0.25, 0.3) is 11.4 Å². The molecule has 0 fully saturated rings. The first-order valence-electron chi connectivity index (χ1n) is 7.04. The first kappa shape index (κ1) is 15.8. The number of hydrogen-bond acceptors (Lipinski definition) is 4. The number of rotatable bonds is 4. The minimum absolute atomic E-state index is 0.0805. The van der Waals surface area contributed by atoms with Gasteiger partial charge in [0.1, 0.15) is 5.75 Å². The Balaban J connectivity index is 2.21. The third-order valence-electron chi connectivity index (χ3n) is 2.70. The van der Waals surface area contributed by atoms with Crippen LogP contribution >= 0.6 is 11.6 Å². The lowest BCUT2D eigenvalue weighted by Crippen LogP contribution is -2.09. The van der Waals surface area contributed by atoms with Crippen molar-refractivity contribution in [1.82, 2.24) is 10.1 Å². The van der Waals surface area contributed by atoms with Crippen molar-refractivity contribution in [1.29, 1.82) is 0 Å². The highest BCUT2D eigenvalue weighted by atomic mass is 35.5. The summed E-state index contributed by atoms with van der Waals surface area (Å²) < 4.78 is 10.9. The Hall–Kier alpha value is -1.55. The first-order chi connectivity index (χ1) is 9.74. The lowest BCUT2D eigenvalue weighted by atomic mass is 9.92. The summed E-state index contributed by atoms with van der Waals surface area (Å²) in [6.07, 6.45) is 0.819. The number of hydrogen-bond donors (Lipinski definition) is 0. The van der Waals surface area contributed by atoms with Crippen molar-refractivity contribution in [3.8, 4) is 17.1 Å². The van der Waals surface area contributed by atoms with E-state index in [-0.39, 0.29) is 11.5 Å². The Morgan fingerprint density at radius 3 is 2.57 bits per heavy atom. The van der Waals surface area contributed by atoms with Gasteiger partial charge in [0.05, 0.1) is 11.1 Å². The highest BCUT2D eigenvalue weighted by molar-refractivity contribution is 6.32. The van der Waals surface area contributed by atoms with Crippen LogP contribution in [0.5, 0.6) is 5.75 Å². The van der Waals surface area contributed by atoms with E-state index in [0.717, 1.165) is 12.0 Å². The molecule has 0 amide bonds. The molecule has 0 aliphatic heterocycles. The van der Waals surface area contributed by atoms with Gasteiger partial charge in [-0.05, 0) is 37.5 Å². The van der Waals surface area contributed by atoms with Crippen molar-refractivity contribution < 1.29 is 9.26 Å². The smallest absolute Gasteiger partial charge is 0.227 e. The largest absolute Gasteiger partial charge is 0.489 e. The number of halogens is 1. The molecule has 1 aromatic heterocycles. The van der Waals surface area contributed by atoms with Crippen molar-refractivity contribution >= 4 is 11.6 Å². The summed E-state index contributed by atoms with van der Waals surface area (Å²) >= 11 is 6.23. The molecule has 0 aliphatic rings. The zero-order valence-corrected chi connectivity index (χ0v) is 13.9. The van der Waals surface area contributed by atoms with Gasteiger partial charge in [-0.25, -0.2) is 0 Å². The highest BCUT2D eigenvalue weighted by Crippen LogP contribution is 2.30. The van der Waals surface area contributed by atoms with E-state index in [9.17, 15) is 0 Å². The summed E-state index contributed by atoms with van der Waals surface area (Å²) in [6, 6.07) is 5.51. The first-order valence-corrected chi connectivity index (χ1v) is 7.41. The van der Waals surface area contributed by atoms with Gasteiger partial charge >= 0.3 is 0 Å². The zero-order chi connectivity index (χ0) is 15.6. The fourth-order valence-corrected chi connectivity index (χ4v) is 2.11. The Labute approximate surface area is 130 Å². The fraction of sp³-hybridized carbons (Fsp3) is 0.500. The summed E-state index contributed by atoms with van der Waals surface area (Å²) in [5.74, 6) is 1.84. The molecule has 114 valence electrons. The Kier molecular flexibility index (Phi) is 4.57. The predicted octanol–water partition coefficient (Wildman–Crippen LogP) is 4.77. The molecular formula is C16H21ClN2O2. The molecule has 0 bridgehead atoms. The zero-order valence-electron chi connectivity index (χ0n) is 13.1. The second-order valence-corrected chi connectivity index (χ2v) is 6.97. The van der Waals surface area contributed by atoms with Crippen LogP contribution in [-0.4, -0.2) is 16.2 Å². The summed E-state index contributed by atoms with van der Waals surface area (Å²) in [6.45, 7) is 10.3. The van der Waals surface area contributed by atoms with Gasteiger partial charge in [-0.3, -0.25) is 0 Å². The summed E-state index contributed by atoms with van der Waals surface area (Å²) in [4.78, 5) is 4.42. The summed E-state index contributed by atoms with van der Waals surface area (Å²) in [5, 5.41) is 4.56. The minimum Gasteiger partial charge on any atom is -0.489 e. The second-order valence-electron chi connectivity index (χ2n) is 6.56. The molecule has 0 spiro atoms. The van der Waals surface area contributed by atoms with E-state index < -0.39 is 0 Å². The normalized spacial score (nSPS) is 12.0. The molecule has 0 atom stereocenters. The van der Waals surface area contributed by atoms with Crippen LogP contribution in [-0.2, 0) is 6.42 Å². The summed E-state index contributed by atoms with van der Waals surface area (Å²) in [7, 11) is 0. The monoisotopic (exact) mass is 308 g/mol. The fourth-order valence-electron chi connectivity index (χ4n) is 1.89. The van der Waals surface area contributed by atoms with E-state index in [0.29, 0.717) is 22.5 Å². The molecule has 0 radical (unpaired) electrons. The molecule has 0 saturated carbocycles. The highest BCUT2D eigenvalue weighted by Gasteiger charge is 2.17. The van der Waals surface area contributed by atoms with Gasteiger partial charge in [0, 0.05) is 12.0 Å². The van der Waals surface area contributed by atoms with Gasteiger partial charge in [0.15, 0.2) is 0 Å². The van der Waals surface area contributed by atoms with Gasteiger partial charge in [0.25, 0.3) is 0 Å². The molecule has 1 aromatic carbocycles. The average Bonchev–Trinajstić information content (AvgIpc) is 2.77. The van der Waals surface area contributed by atoms with Crippen molar-refractivity contribution in [2.24, 2.45) is 5.41 Å². The third kappa shape index (κ3) is 4.46. The lowest BCUT2D eigenvalue weighted by Gasteiger charge is -2.13. The molecular weight excluding hydrogens is 288 g/mol. The number of ether oxygens (including phenoxy) is 1. The van der Waals surface area contributed by atoms with Crippen molar-refractivity contribution in [2.45, 2.75) is 47.1 Å². The molecule has 0 unspecified atom stereocenters. The number of benzene rings is 1. The summed E-state index contributed by atoms with van der Waals surface area (Å²) in [5.41, 5.74) is 0.927. The van der Waals surface area contributed by atoms with Crippen molar-refractivity contribution in [3.63, 3.8) is 0 Å². The molecule has 2 aromatic rings. The van der Waals surface area contributed by atoms with Gasteiger partial charge in [0.2, 0.25) is 11.7 Å². The minimum atomic E-state index is 0.0805.